The molecule has 1 unspecified atom stereocenters. The summed E-state index contributed by atoms with van der Waals surface area (Å²) in [5.74, 6) is 0.564. The van der Waals surface area contributed by atoms with Gasteiger partial charge in [-0.25, -0.2) is 4.98 Å². The molecule has 1 aliphatic carbocycles. The first-order chi connectivity index (χ1) is 8.81. The molecule has 2 rings (SSSR count). The summed E-state index contributed by atoms with van der Waals surface area (Å²) in [4.78, 5) is 4.11. The van der Waals surface area contributed by atoms with E-state index < -0.39 is 0 Å². The van der Waals surface area contributed by atoms with E-state index >= 15 is 0 Å². The van der Waals surface area contributed by atoms with Crippen LogP contribution in [0.25, 0.3) is 0 Å². The quantitative estimate of drug-likeness (QED) is 0.763. The van der Waals surface area contributed by atoms with Gasteiger partial charge in [0.2, 0.25) is 5.88 Å². The van der Waals surface area contributed by atoms with E-state index in [4.69, 9.17) is 14.7 Å². The van der Waals surface area contributed by atoms with Gasteiger partial charge in [-0.15, -0.1) is 0 Å². The van der Waals surface area contributed by atoms with Crippen LogP contribution in [-0.2, 0) is 4.74 Å². The second-order valence-electron chi connectivity index (χ2n) is 4.30. The lowest BCUT2D eigenvalue weighted by molar-refractivity contribution is 0.197. The highest BCUT2D eigenvalue weighted by Gasteiger charge is 2.15. The van der Waals surface area contributed by atoms with Crippen LogP contribution in [0.2, 0.25) is 0 Å². The van der Waals surface area contributed by atoms with Crippen LogP contribution in [0.1, 0.15) is 24.8 Å². The number of ether oxygens (including phenoxy) is 2. The third kappa shape index (κ3) is 3.31. The number of nitriles is 1. The van der Waals surface area contributed by atoms with E-state index in [0.717, 1.165) is 19.3 Å². The van der Waals surface area contributed by atoms with Crippen molar-refractivity contribution in [3.8, 4) is 11.9 Å². The Morgan fingerprint density at radius 3 is 3.06 bits per heavy atom. The zero-order valence-electron chi connectivity index (χ0n) is 10.4. The second-order valence-corrected chi connectivity index (χ2v) is 4.30. The molecule has 4 heteroatoms. The van der Waals surface area contributed by atoms with Crippen molar-refractivity contribution in [1.82, 2.24) is 4.98 Å². The Kier molecular flexibility index (Phi) is 4.32. The molecule has 0 fully saturated rings. The monoisotopic (exact) mass is 244 g/mol. The topological polar surface area (TPSA) is 55.1 Å². The molecular formula is C14H16N2O2. The van der Waals surface area contributed by atoms with Crippen LogP contribution in [0.15, 0.2) is 30.0 Å². The van der Waals surface area contributed by atoms with E-state index in [-0.39, 0.29) is 6.10 Å². The van der Waals surface area contributed by atoms with Gasteiger partial charge in [0.25, 0.3) is 0 Å². The van der Waals surface area contributed by atoms with Crippen LogP contribution in [0.4, 0.5) is 0 Å². The van der Waals surface area contributed by atoms with E-state index in [9.17, 15) is 0 Å². The highest BCUT2D eigenvalue weighted by Crippen LogP contribution is 2.22. The van der Waals surface area contributed by atoms with Gasteiger partial charge < -0.3 is 9.47 Å². The predicted octanol–water partition coefficient (Wildman–Crippen LogP) is 2.46. The van der Waals surface area contributed by atoms with E-state index in [2.05, 4.69) is 11.1 Å². The zero-order valence-corrected chi connectivity index (χ0v) is 10.4. The molecule has 4 nitrogen and oxygen atoms in total. The summed E-state index contributed by atoms with van der Waals surface area (Å²) in [5.41, 5.74) is 1.82. The Hall–Kier alpha value is -1.86. The summed E-state index contributed by atoms with van der Waals surface area (Å²) in [6.45, 7) is 0.667. The fourth-order valence-electron chi connectivity index (χ4n) is 2.03. The fourth-order valence-corrected chi connectivity index (χ4v) is 2.03. The van der Waals surface area contributed by atoms with Crippen molar-refractivity contribution in [2.75, 3.05) is 13.7 Å². The van der Waals surface area contributed by atoms with Gasteiger partial charge >= 0.3 is 0 Å². The number of pyridine rings is 1. The molecule has 18 heavy (non-hydrogen) atoms. The summed E-state index contributed by atoms with van der Waals surface area (Å²) in [5, 5.41) is 8.69. The Bertz CT molecular complexity index is 460. The molecule has 1 aromatic rings. The smallest absolute Gasteiger partial charge is 0.213 e. The normalized spacial score (nSPS) is 18.9. The van der Waals surface area contributed by atoms with Crippen LogP contribution in [0.5, 0.6) is 5.88 Å². The molecule has 0 saturated carbocycles. The Labute approximate surface area is 107 Å². The number of nitrogens with zero attached hydrogens (tertiary/aromatic N) is 2. The molecule has 0 spiro atoms. The number of methoxy groups -OCH3 is 1. The van der Waals surface area contributed by atoms with Crippen molar-refractivity contribution in [2.24, 2.45) is 0 Å². The van der Waals surface area contributed by atoms with Crippen molar-refractivity contribution in [1.29, 1.82) is 5.26 Å². The van der Waals surface area contributed by atoms with Crippen LogP contribution < -0.4 is 4.74 Å². The third-order valence-corrected chi connectivity index (χ3v) is 2.88. The highest BCUT2D eigenvalue weighted by atomic mass is 16.5. The van der Waals surface area contributed by atoms with Crippen molar-refractivity contribution in [2.45, 2.75) is 25.4 Å². The van der Waals surface area contributed by atoms with Gasteiger partial charge in [-0.2, -0.15) is 5.26 Å². The number of rotatable bonds is 4. The average molecular weight is 244 g/mol. The fraction of sp³-hybridized carbons (Fsp3) is 0.429. The van der Waals surface area contributed by atoms with E-state index in [1.165, 1.54) is 11.8 Å². The van der Waals surface area contributed by atoms with Gasteiger partial charge in [0.05, 0.1) is 12.2 Å². The summed E-state index contributed by atoms with van der Waals surface area (Å²) in [7, 11) is 1.70. The van der Waals surface area contributed by atoms with Gasteiger partial charge in [-0.1, -0.05) is 0 Å². The SMILES string of the molecule is COCC1=CC(Oc2ccc(C#N)cn2)CCC1. The summed E-state index contributed by atoms with van der Waals surface area (Å²) < 4.78 is 10.9. The van der Waals surface area contributed by atoms with Crippen molar-refractivity contribution in [3.05, 3.63) is 35.5 Å². The van der Waals surface area contributed by atoms with Crippen LogP contribution in [-0.4, -0.2) is 24.8 Å². The number of hydrogen-bond donors (Lipinski definition) is 0. The summed E-state index contributed by atoms with van der Waals surface area (Å²) >= 11 is 0. The molecular weight excluding hydrogens is 228 g/mol. The maximum Gasteiger partial charge on any atom is 0.213 e. The minimum absolute atomic E-state index is 0.0596. The van der Waals surface area contributed by atoms with Crippen molar-refractivity contribution < 1.29 is 9.47 Å². The van der Waals surface area contributed by atoms with Crippen LogP contribution in [0.3, 0.4) is 0 Å². The van der Waals surface area contributed by atoms with Gasteiger partial charge in [0, 0.05) is 19.4 Å². The Morgan fingerprint density at radius 1 is 1.50 bits per heavy atom. The standard InChI is InChI=1S/C14H16N2O2/c1-17-10-11-3-2-4-13(7-11)18-14-6-5-12(8-15)9-16-14/h5-7,9,13H,2-4,10H2,1H3. The third-order valence-electron chi connectivity index (χ3n) is 2.88. The lowest BCUT2D eigenvalue weighted by Gasteiger charge is -2.21. The van der Waals surface area contributed by atoms with Gasteiger partial charge in [-0.3, -0.25) is 0 Å². The lowest BCUT2D eigenvalue weighted by atomic mass is 9.98. The zero-order chi connectivity index (χ0) is 12.8. The summed E-state index contributed by atoms with van der Waals surface area (Å²) in [6, 6.07) is 5.48. The Balaban J connectivity index is 2.00. The maximum atomic E-state index is 8.69. The van der Waals surface area contributed by atoms with Crippen LogP contribution >= 0.6 is 0 Å². The first kappa shape index (κ1) is 12.6. The molecule has 0 bridgehead atoms. The molecule has 1 heterocycles. The molecule has 0 aliphatic heterocycles. The van der Waals surface area contributed by atoms with E-state index in [1.807, 2.05) is 6.07 Å². The minimum Gasteiger partial charge on any atom is -0.470 e. The number of hydrogen-bond acceptors (Lipinski definition) is 4. The van der Waals surface area contributed by atoms with E-state index in [0.29, 0.717) is 18.1 Å². The second kappa shape index (κ2) is 6.18. The lowest BCUT2D eigenvalue weighted by Crippen LogP contribution is -2.19. The van der Waals surface area contributed by atoms with Gasteiger partial charge in [0.15, 0.2) is 0 Å². The first-order valence-electron chi connectivity index (χ1n) is 6.03. The molecule has 0 amide bonds. The number of aromatic nitrogens is 1. The summed E-state index contributed by atoms with van der Waals surface area (Å²) in [6.07, 6.45) is 6.88. The molecule has 0 radical (unpaired) electrons. The largest absolute Gasteiger partial charge is 0.470 e. The molecule has 0 aromatic carbocycles. The van der Waals surface area contributed by atoms with E-state index in [1.54, 1.807) is 19.2 Å². The highest BCUT2D eigenvalue weighted by molar-refractivity contribution is 5.28. The molecule has 1 aromatic heterocycles. The molecule has 0 saturated heterocycles. The Morgan fingerprint density at radius 2 is 2.39 bits per heavy atom. The van der Waals surface area contributed by atoms with Gasteiger partial charge in [-0.05, 0) is 37.0 Å². The van der Waals surface area contributed by atoms with Crippen molar-refractivity contribution in [3.63, 3.8) is 0 Å². The van der Waals surface area contributed by atoms with Crippen LogP contribution in [0, 0.1) is 11.3 Å². The predicted molar refractivity (Wildman–Crippen MR) is 67.2 cm³/mol. The molecule has 1 aliphatic rings. The molecule has 94 valence electrons. The molecule has 0 N–H and O–H groups in total. The molecule has 1 atom stereocenters. The minimum atomic E-state index is 0.0596. The van der Waals surface area contributed by atoms with Crippen molar-refractivity contribution >= 4 is 0 Å². The first-order valence-corrected chi connectivity index (χ1v) is 6.03. The van der Waals surface area contributed by atoms with Gasteiger partial charge in [0.1, 0.15) is 12.2 Å². The average Bonchev–Trinajstić information content (AvgIpc) is 2.40. The maximum absolute atomic E-state index is 8.69.